The summed E-state index contributed by atoms with van der Waals surface area (Å²) in [4.78, 5) is 0. The van der Waals surface area contributed by atoms with Crippen LogP contribution in [0.15, 0.2) is 18.2 Å². The first kappa shape index (κ1) is 8.46. The van der Waals surface area contributed by atoms with Crippen LogP contribution in [0.1, 0.15) is 29.2 Å². The Kier molecular flexibility index (Phi) is 2.33. The largest absolute Gasteiger partial charge is 0.171 e. The molecule has 0 N–H and O–H groups in total. The zero-order valence-corrected chi connectivity index (χ0v) is 8.41. The second-order valence-corrected chi connectivity index (χ2v) is 4.31. The summed E-state index contributed by atoms with van der Waals surface area (Å²) in [5.74, 6) is 0. The van der Waals surface area contributed by atoms with Crippen LogP contribution in [-0.4, -0.2) is 0 Å². The SMILES string of the molecule is SC1CCCc2ccc(Cl)cc21. The van der Waals surface area contributed by atoms with Gasteiger partial charge in [0.2, 0.25) is 0 Å². The van der Waals surface area contributed by atoms with Gasteiger partial charge in [0, 0.05) is 10.3 Å². The number of thiol groups is 1. The normalized spacial score (nSPS) is 22.0. The highest BCUT2D eigenvalue weighted by molar-refractivity contribution is 7.80. The van der Waals surface area contributed by atoms with Crippen molar-refractivity contribution in [1.82, 2.24) is 0 Å². The lowest BCUT2D eigenvalue weighted by atomic mass is 9.91. The Labute approximate surface area is 83.3 Å². The van der Waals surface area contributed by atoms with E-state index in [1.165, 1.54) is 30.4 Å². The van der Waals surface area contributed by atoms with Gasteiger partial charge in [-0.3, -0.25) is 0 Å². The number of halogens is 1. The Bertz CT molecular complexity index is 296. The molecule has 1 aliphatic carbocycles. The second kappa shape index (κ2) is 3.31. The van der Waals surface area contributed by atoms with Crippen molar-refractivity contribution in [2.45, 2.75) is 24.5 Å². The second-order valence-electron chi connectivity index (χ2n) is 3.25. The summed E-state index contributed by atoms with van der Waals surface area (Å²) in [5, 5.41) is 1.22. The van der Waals surface area contributed by atoms with E-state index in [0.717, 1.165) is 5.02 Å². The average molecular weight is 199 g/mol. The zero-order chi connectivity index (χ0) is 8.55. The summed E-state index contributed by atoms with van der Waals surface area (Å²) < 4.78 is 0. The van der Waals surface area contributed by atoms with Crippen LogP contribution in [0, 0.1) is 0 Å². The molecule has 0 aliphatic heterocycles. The first-order valence-electron chi connectivity index (χ1n) is 4.24. The lowest BCUT2D eigenvalue weighted by Crippen LogP contribution is -2.04. The van der Waals surface area contributed by atoms with Crippen molar-refractivity contribution in [3.63, 3.8) is 0 Å². The minimum absolute atomic E-state index is 0.396. The van der Waals surface area contributed by atoms with Crippen LogP contribution >= 0.6 is 24.2 Å². The maximum absolute atomic E-state index is 5.91. The molecule has 0 nitrogen and oxygen atoms in total. The van der Waals surface area contributed by atoms with Gasteiger partial charge in [-0.25, -0.2) is 0 Å². The monoisotopic (exact) mass is 198 g/mol. The molecule has 0 radical (unpaired) electrons. The molecule has 0 saturated carbocycles. The van der Waals surface area contributed by atoms with E-state index in [4.69, 9.17) is 11.6 Å². The van der Waals surface area contributed by atoms with Crippen LogP contribution in [-0.2, 0) is 6.42 Å². The van der Waals surface area contributed by atoms with Gasteiger partial charge in [-0.1, -0.05) is 17.7 Å². The average Bonchev–Trinajstić information content (AvgIpc) is 2.07. The molecule has 12 heavy (non-hydrogen) atoms. The topological polar surface area (TPSA) is 0 Å². The maximum Gasteiger partial charge on any atom is 0.0409 e. The third-order valence-corrected chi connectivity index (χ3v) is 3.16. The Balaban J connectivity index is 2.47. The summed E-state index contributed by atoms with van der Waals surface area (Å²) in [6, 6.07) is 6.14. The number of aryl methyl sites for hydroxylation is 1. The highest BCUT2D eigenvalue weighted by Crippen LogP contribution is 2.35. The molecule has 0 amide bonds. The molecule has 64 valence electrons. The van der Waals surface area contributed by atoms with Crippen LogP contribution in [0.4, 0.5) is 0 Å². The lowest BCUT2D eigenvalue weighted by Gasteiger charge is -2.21. The Morgan fingerprint density at radius 1 is 1.42 bits per heavy atom. The molecule has 0 spiro atoms. The fraction of sp³-hybridized carbons (Fsp3) is 0.400. The van der Waals surface area contributed by atoms with Gasteiger partial charge in [0.15, 0.2) is 0 Å². The first-order valence-corrected chi connectivity index (χ1v) is 5.13. The van der Waals surface area contributed by atoms with E-state index in [1.807, 2.05) is 12.1 Å². The number of rotatable bonds is 0. The minimum Gasteiger partial charge on any atom is -0.171 e. The Morgan fingerprint density at radius 3 is 3.08 bits per heavy atom. The van der Waals surface area contributed by atoms with Gasteiger partial charge in [0.05, 0.1) is 0 Å². The quantitative estimate of drug-likeness (QED) is 0.605. The van der Waals surface area contributed by atoms with Gasteiger partial charge < -0.3 is 0 Å². The molecule has 2 heteroatoms. The van der Waals surface area contributed by atoms with E-state index in [1.54, 1.807) is 0 Å². The molecule has 0 fully saturated rings. The fourth-order valence-corrected chi connectivity index (χ4v) is 2.35. The van der Waals surface area contributed by atoms with E-state index in [2.05, 4.69) is 18.7 Å². The lowest BCUT2D eigenvalue weighted by molar-refractivity contribution is 0.677. The number of hydrogen-bond acceptors (Lipinski definition) is 1. The van der Waals surface area contributed by atoms with E-state index in [9.17, 15) is 0 Å². The fourth-order valence-electron chi connectivity index (χ4n) is 1.75. The summed E-state index contributed by atoms with van der Waals surface area (Å²) in [7, 11) is 0. The van der Waals surface area contributed by atoms with Gasteiger partial charge in [0.1, 0.15) is 0 Å². The van der Waals surface area contributed by atoms with E-state index >= 15 is 0 Å². The molecule has 0 aromatic heterocycles. The van der Waals surface area contributed by atoms with Gasteiger partial charge in [0.25, 0.3) is 0 Å². The van der Waals surface area contributed by atoms with E-state index < -0.39 is 0 Å². The van der Waals surface area contributed by atoms with Crippen molar-refractivity contribution < 1.29 is 0 Å². The molecule has 2 rings (SSSR count). The van der Waals surface area contributed by atoms with Crippen LogP contribution in [0.3, 0.4) is 0 Å². The molecule has 0 heterocycles. The Hall–Kier alpha value is -0.140. The standard InChI is InChI=1S/C10H11ClS/c11-8-5-4-7-2-1-3-10(12)9(7)6-8/h4-6,10,12H,1-3H2. The molecule has 1 aromatic carbocycles. The molecule has 1 unspecified atom stereocenters. The number of fused-ring (bicyclic) bond motifs is 1. The van der Waals surface area contributed by atoms with Crippen molar-refractivity contribution in [2.75, 3.05) is 0 Å². The summed E-state index contributed by atoms with van der Waals surface area (Å²) in [5.41, 5.74) is 2.75. The smallest absolute Gasteiger partial charge is 0.0409 e. The first-order chi connectivity index (χ1) is 5.77. The zero-order valence-electron chi connectivity index (χ0n) is 6.76. The third-order valence-electron chi connectivity index (χ3n) is 2.39. The van der Waals surface area contributed by atoms with Crippen molar-refractivity contribution >= 4 is 24.2 Å². The predicted molar refractivity (Wildman–Crippen MR) is 56.1 cm³/mol. The van der Waals surface area contributed by atoms with Crippen LogP contribution in [0.25, 0.3) is 0 Å². The molecular weight excluding hydrogens is 188 g/mol. The summed E-state index contributed by atoms with van der Waals surface area (Å²) in [6.45, 7) is 0. The minimum atomic E-state index is 0.396. The molecule has 0 saturated heterocycles. The van der Waals surface area contributed by atoms with Gasteiger partial charge in [-0.15, -0.1) is 0 Å². The van der Waals surface area contributed by atoms with Crippen molar-refractivity contribution in [3.05, 3.63) is 34.3 Å². The summed E-state index contributed by atoms with van der Waals surface area (Å²) in [6.07, 6.45) is 3.61. The third kappa shape index (κ3) is 1.48. The molecular formula is C10H11ClS. The van der Waals surface area contributed by atoms with E-state index in [0.29, 0.717) is 5.25 Å². The van der Waals surface area contributed by atoms with Crippen molar-refractivity contribution in [1.29, 1.82) is 0 Å². The van der Waals surface area contributed by atoms with Crippen molar-refractivity contribution in [2.24, 2.45) is 0 Å². The predicted octanol–water partition coefficient (Wildman–Crippen LogP) is 3.65. The molecule has 1 aliphatic rings. The van der Waals surface area contributed by atoms with Gasteiger partial charge >= 0.3 is 0 Å². The van der Waals surface area contributed by atoms with Crippen LogP contribution in [0.2, 0.25) is 5.02 Å². The molecule has 1 atom stereocenters. The van der Waals surface area contributed by atoms with Crippen LogP contribution in [0.5, 0.6) is 0 Å². The van der Waals surface area contributed by atoms with Gasteiger partial charge in [-0.05, 0) is 42.5 Å². The van der Waals surface area contributed by atoms with Crippen LogP contribution < -0.4 is 0 Å². The maximum atomic E-state index is 5.91. The Morgan fingerprint density at radius 2 is 2.25 bits per heavy atom. The molecule has 1 aromatic rings. The van der Waals surface area contributed by atoms with Gasteiger partial charge in [-0.2, -0.15) is 12.6 Å². The highest BCUT2D eigenvalue weighted by atomic mass is 35.5. The number of hydrogen-bond donors (Lipinski definition) is 1. The number of benzene rings is 1. The summed E-state index contributed by atoms with van der Waals surface area (Å²) >= 11 is 10.4. The highest BCUT2D eigenvalue weighted by Gasteiger charge is 2.16. The van der Waals surface area contributed by atoms with E-state index in [-0.39, 0.29) is 0 Å². The van der Waals surface area contributed by atoms with Crippen molar-refractivity contribution in [3.8, 4) is 0 Å². The molecule has 0 bridgehead atoms.